The lowest BCUT2D eigenvalue weighted by Crippen LogP contribution is -2.63. The molecule has 0 radical (unpaired) electrons. The zero-order valence-electron chi connectivity index (χ0n) is 21.7. The third-order valence-corrected chi connectivity index (χ3v) is 18.6. The quantitative estimate of drug-likeness (QED) is 0.235. The molecule has 6 saturated carbocycles. The molecule has 38 heavy (non-hydrogen) atoms. The number of hydrogen-bond acceptors (Lipinski definition) is 0. The zero-order chi connectivity index (χ0) is 24.9. The normalized spacial score (nSPS) is 37.2. The van der Waals surface area contributed by atoms with Crippen LogP contribution in [0.25, 0.3) is 0 Å². The topological polar surface area (TPSA) is 0 Å². The maximum absolute atomic E-state index is 2.50. The predicted molar refractivity (Wildman–Crippen MR) is 163 cm³/mol. The Balaban J connectivity index is 1.38. The first-order valence-corrected chi connectivity index (χ1v) is 17.4. The second-order valence-electron chi connectivity index (χ2n) is 12.4. The first-order chi connectivity index (χ1) is 18.9. The fraction of sp³-hybridized carbons (Fsp3) is 0.333. The fourth-order valence-corrected chi connectivity index (χ4v) is 20.1. The van der Waals surface area contributed by atoms with E-state index in [4.69, 9.17) is 0 Å². The van der Waals surface area contributed by atoms with Gasteiger partial charge in [-0.15, -0.1) is 0 Å². The summed E-state index contributed by atoms with van der Waals surface area (Å²) in [6, 6.07) is 47.4. The second-order valence-corrected chi connectivity index (χ2v) is 17.3. The Labute approximate surface area is 229 Å². The van der Waals surface area contributed by atoms with E-state index in [-0.39, 0.29) is 0 Å². The molecule has 10 rings (SSSR count). The van der Waals surface area contributed by atoms with Gasteiger partial charge < -0.3 is 0 Å². The van der Waals surface area contributed by atoms with Crippen LogP contribution in [0.4, 0.5) is 0 Å². The van der Waals surface area contributed by atoms with E-state index in [2.05, 4.69) is 121 Å². The molecular formula is C36H34P2. The molecular weight excluding hydrogens is 494 g/mol. The average Bonchev–Trinajstić information content (AvgIpc) is 3.79. The van der Waals surface area contributed by atoms with Crippen molar-refractivity contribution in [2.75, 3.05) is 0 Å². The van der Waals surface area contributed by atoms with Crippen LogP contribution in [0.2, 0.25) is 0 Å². The molecule has 6 aliphatic rings. The van der Waals surface area contributed by atoms with Gasteiger partial charge in [0.25, 0.3) is 0 Å². The van der Waals surface area contributed by atoms with Gasteiger partial charge in [0.1, 0.15) is 0 Å². The Bertz CT molecular complexity index is 1250. The van der Waals surface area contributed by atoms with Crippen LogP contribution in [-0.4, -0.2) is 10.3 Å². The molecule has 6 aliphatic carbocycles. The highest BCUT2D eigenvalue weighted by molar-refractivity contribution is 7.79. The third kappa shape index (κ3) is 2.48. The summed E-state index contributed by atoms with van der Waals surface area (Å²) in [6.07, 6.45) is 5.90. The Morgan fingerprint density at radius 2 is 0.605 bits per heavy atom. The SMILES string of the molecule is c1ccc(P(c2ccccc2)C23C4CCC5C4C4C2CCC4C53P(c2ccccc2)c2ccccc2)cc1. The van der Waals surface area contributed by atoms with Gasteiger partial charge in [0.05, 0.1) is 0 Å². The van der Waals surface area contributed by atoms with Crippen molar-refractivity contribution in [1.82, 2.24) is 0 Å². The van der Waals surface area contributed by atoms with E-state index >= 15 is 0 Å². The molecule has 0 amide bonds. The summed E-state index contributed by atoms with van der Waals surface area (Å²) in [5.41, 5.74) is 0. The maximum Gasteiger partial charge on any atom is 0.0155 e. The summed E-state index contributed by atoms with van der Waals surface area (Å²) in [4.78, 5) is 0. The van der Waals surface area contributed by atoms with Crippen molar-refractivity contribution in [3.63, 3.8) is 0 Å². The molecule has 0 aromatic heterocycles. The van der Waals surface area contributed by atoms with E-state index in [1.165, 1.54) is 25.7 Å². The molecule has 2 heteroatoms. The molecule has 8 bridgehead atoms. The van der Waals surface area contributed by atoms with Crippen molar-refractivity contribution < 1.29 is 0 Å². The highest BCUT2D eigenvalue weighted by Crippen LogP contribution is 2.97. The first kappa shape index (κ1) is 22.5. The van der Waals surface area contributed by atoms with Gasteiger partial charge in [0.15, 0.2) is 0 Å². The standard InChI is InChI=1S/C36H34P2/c1-5-13-25(14-6-1)37(26-15-7-2-8-16-26)35-29-21-23-31-33(29)34-30(35)22-24-32(34)36(31,35)38(27-17-9-3-10-18-27)28-19-11-4-12-20-28/h1-20,29-34H,21-24H2. The van der Waals surface area contributed by atoms with Gasteiger partial charge in [-0.1, -0.05) is 121 Å². The number of rotatable bonds is 6. The van der Waals surface area contributed by atoms with Crippen molar-refractivity contribution in [3.8, 4) is 0 Å². The van der Waals surface area contributed by atoms with Crippen molar-refractivity contribution in [3.05, 3.63) is 121 Å². The molecule has 188 valence electrons. The van der Waals surface area contributed by atoms with Crippen molar-refractivity contribution in [2.24, 2.45) is 35.5 Å². The number of benzene rings is 4. The lowest BCUT2D eigenvalue weighted by Gasteiger charge is -2.63. The molecule has 0 heterocycles. The van der Waals surface area contributed by atoms with Crippen LogP contribution in [0.5, 0.6) is 0 Å². The molecule has 0 spiro atoms. The summed E-state index contributed by atoms with van der Waals surface area (Å²) in [6.45, 7) is 0. The molecule has 0 aliphatic heterocycles. The molecule has 4 unspecified atom stereocenters. The monoisotopic (exact) mass is 528 g/mol. The fourth-order valence-electron chi connectivity index (χ4n) is 11.4. The number of hydrogen-bond donors (Lipinski definition) is 0. The first-order valence-electron chi connectivity index (χ1n) is 14.7. The molecule has 4 aromatic carbocycles. The van der Waals surface area contributed by atoms with E-state index in [1.807, 2.05) is 0 Å². The summed E-state index contributed by atoms with van der Waals surface area (Å²) >= 11 is 0. The van der Waals surface area contributed by atoms with E-state index in [0.29, 0.717) is 10.3 Å². The van der Waals surface area contributed by atoms with Gasteiger partial charge >= 0.3 is 0 Å². The zero-order valence-corrected chi connectivity index (χ0v) is 23.5. The smallest absolute Gasteiger partial charge is 0.0155 e. The van der Waals surface area contributed by atoms with Crippen LogP contribution in [0.15, 0.2) is 121 Å². The Hall–Kier alpha value is -2.26. The van der Waals surface area contributed by atoms with E-state index in [0.717, 1.165) is 35.5 Å². The van der Waals surface area contributed by atoms with Crippen LogP contribution < -0.4 is 21.2 Å². The molecule has 4 aromatic rings. The largest absolute Gasteiger partial charge is 0.0622 e. The van der Waals surface area contributed by atoms with Gasteiger partial charge in [-0.3, -0.25) is 0 Å². The summed E-state index contributed by atoms with van der Waals surface area (Å²) in [5, 5.41) is 7.37. The van der Waals surface area contributed by atoms with Crippen LogP contribution in [0.3, 0.4) is 0 Å². The molecule has 0 N–H and O–H groups in total. The van der Waals surface area contributed by atoms with Crippen LogP contribution in [0, 0.1) is 35.5 Å². The van der Waals surface area contributed by atoms with Crippen molar-refractivity contribution in [1.29, 1.82) is 0 Å². The Morgan fingerprint density at radius 3 is 0.842 bits per heavy atom. The minimum Gasteiger partial charge on any atom is -0.0622 e. The van der Waals surface area contributed by atoms with Crippen LogP contribution in [0.1, 0.15) is 25.7 Å². The Morgan fingerprint density at radius 1 is 0.368 bits per heavy atom. The van der Waals surface area contributed by atoms with Gasteiger partial charge in [0, 0.05) is 10.3 Å². The summed E-state index contributed by atoms with van der Waals surface area (Å²) in [7, 11) is -0.935. The Kier molecular flexibility index (Phi) is 4.82. The average molecular weight is 529 g/mol. The third-order valence-electron chi connectivity index (χ3n) is 11.6. The minimum absolute atomic E-state index is 0.420. The molecule has 0 saturated heterocycles. The predicted octanol–water partition coefficient (Wildman–Crippen LogP) is 7.06. The molecule has 4 atom stereocenters. The summed E-state index contributed by atoms with van der Waals surface area (Å²) < 4.78 is 0. The molecule has 6 fully saturated rings. The highest BCUT2D eigenvalue weighted by Gasteiger charge is 2.93. The van der Waals surface area contributed by atoms with Crippen molar-refractivity contribution >= 4 is 37.1 Å². The van der Waals surface area contributed by atoms with Gasteiger partial charge in [0.2, 0.25) is 0 Å². The lowest BCUT2D eigenvalue weighted by molar-refractivity contribution is 0.203. The minimum atomic E-state index is -0.467. The second kappa shape index (κ2) is 8.13. The summed E-state index contributed by atoms with van der Waals surface area (Å²) in [5.74, 6) is 5.57. The van der Waals surface area contributed by atoms with Crippen LogP contribution >= 0.6 is 15.8 Å². The van der Waals surface area contributed by atoms with Crippen molar-refractivity contribution in [2.45, 2.75) is 36.0 Å². The van der Waals surface area contributed by atoms with Gasteiger partial charge in [-0.05, 0) is 98.3 Å². The van der Waals surface area contributed by atoms with Gasteiger partial charge in [-0.25, -0.2) is 0 Å². The maximum atomic E-state index is 2.50. The van der Waals surface area contributed by atoms with Gasteiger partial charge in [-0.2, -0.15) is 0 Å². The van der Waals surface area contributed by atoms with E-state index < -0.39 is 15.8 Å². The highest BCUT2D eigenvalue weighted by atomic mass is 31.1. The lowest BCUT2D eigenvalue weighted by atomic mass is 9.69. The van der Waals surface area contributed by atoms with E-state index in [1.54, 1.807) is 21.2 Å². The van der Waals surface area contributed by atoms with E-state index in [9.17, 15) is 0 Å². The van der Waals surface area contributed by atoms with Crippen LogP contribution in [-0.2, 0) is 0 Å². The molecule has 0 nitrogen and oxygen atoms in total.